The SMILES string of the molecule is c1ccc(-n2nc(C3CC3)nc2CCCc2c[nH]c3ccccc23)nc1. The minimum Gasteiger partial charge on any atom is -0.361 e. The Morgan fingerprint density at radius 1 is 1.04 bits per heavy atom. The Kier molecular flexibility index (Phi) is 3.77. The molecule has 5 heteroatoms. The van der Waals surface area contributed by atoms with Crippen LogP contribution >= 0.6 is 0 Å². The van der Waals surface area contributed by atoms with Gasteiger partial charge >= 0.3 is 0 Å². The van der Waals surface area contributed by atoms with Gasteiger partial charge in [0.15, 0.2) is 11.6 Å². The lowest BCUT2D eigenvalue weighted by Crippen LogP contribution is -2.05. The van der Waals surface area contributed by atoms with Crippen LogP contribution in [0.1, 0.15) is 42.4 Å². The van der Waals surface area contributed by atoms with Crippen molar-refractivity contribution in [3.8, 4) is 5.82 Å². The van der Waals surface area contributed by atoms with Crippen LogP contribution in [0.4, 0.5) is 0 Å². The highest BCUT2D eigenvalue weighted by Crippen LogP contribution is 2.38. The fourth-order valence-electron chi connectivity index (χ4n) is 3.48. The first kappa shape index (κ1) is 15.3. The van der Waals surface area contributed by atoms with Crippen LogP contribution in [0, 0.1) is 0 Å². The lowest BCUT2D eigenvalue weighted by Gasteiger charge is -2.04. The fourth-order valence-corrected chi connectivity index (χ4v) is 3.48. The van der Waals surface area contributed by atoms with Crippen LogP contribution in [0.25, 0.3) is 16.7 Å². The number of pyridine rings is 1. The van der Waals surface area contributed by atoms with Crippen molar-refractivity contribution in [1.82, 2.24) is 24.7 Å². The Balaban J connectivity index is 1.36. The Labute approximate surface area is 152 Å². The monoisotopic (exact) mass is 343 g/mol. The molecule has 1 aliphatic carbocycles. The molecule has 0 amide bonds. The van der Waals surface area contributed by atoms with Crippen molar-refractivity contribution in [1.29, 1.82) is 0 Å². The molecular weight excluding hydrogens is 322 g/mol. The zero-order chi connectivity index (χ0) is 17.3. The van der Waals surface area contributed by atoms with Crippen molar-refractivity contribution in [3.05, 3.63) is 72.1 Å². The number of rotatable bonds is 6. The minimum absolute atomic E-state index is 0.548. The van der Waals surface area contributed by atoms with Gasteiger partial charge in [0.1, 0.15) is 5.82 Å². The Morgan fingerprint density at radius 2 is 1.92 bits per heavy atom. The van der Waals surface area contributed by atoms with Crippen molar-refractivity contribution in [2.45, 2.75) is 38.0 Å². The smallest absolute Gasteiger partial charge is 0.155 e. The van der Waals surface area contributed by atoms with Gasteiger partial charge in [-0.2, -0.15) is 4.68 Å². The molecule has 3 aromatic heterocycles. The predicted octanol–water partition coefficient (Wildman–Crippen LogP) is 4.20. The number of aryl methyl sites for hydroxylation is 2. The summed E-state index contributed by atoms with van der Waals surface area (Å²) in [5, 5.41) is 6.06. The number of H-pyrrole nitrogens is 1. The molecule has 0 unspecified atom stereocenters. The van der Waals surface area contributed by atoms with E-state index >= 15 is 0 Å². The van der Waals surface area contributed by atoms with Crippen LogP contribution in [0.5, 0.6) is 0 Å². The highest BCUT2D eigenvalue weighted by Gasteiger charge is 2.29. The summed E-state index contributed by atoms with van der Waals surface area (Å²) >= 11 is 0. The van der Waals surface area contributed by atoms with Gasteiger partial charge in [-0.15, -0.1) is 5.10 Å². The maximum Gasteiger partial charge on any atom is 0.155 e. The van der Waals surface area contributed by atoms with E-state index in [1.54, 1.807) is 0 Å². The van der Waals surface area contributed by atoms with Gasteiger partial charge in [0.25, 0.3) is 0 Å². The lowest BCUT2D eigenvalue weighted by molar-refractivity contribution is 0.715. The third-order valence-electron chi connectivity index (χ3n) is 5.02. The van der Waals surface area contributed by atoms with Crippen LogP contribution in [-0.4, -0.2) is 24.7 Å². The predicted molar refractivity (Wildman–Crippen MR) is 101 cm³/mol. The Bertz CT molecular complexity index is 1030. The first-order valence-corrected chi connectivity index (χ1v) is 9.31. The molecule has 0 bridgehead atoms. The van der Waals surface area contributed by atoms with Gasteiger partial charge in [0, 0.05) is 35.6 Å². The summed E-state index contributed by atoms with van der Waals surface area (Å²) in [6.45, 7) is 0. The number of benzene rings is 1. The quantitative estimate of drug-likeness (QED) is 0.571. The molecule has 0 saturated heterocycles. The number of nitrogens with zero attached hydrogens (tertiary/aromatic N) is 4. The van der Waals surface area contributed by atoms with Crippen molar-refractivity contribution in [2.24, 2.45) is 0 Å². The summed E-state index contributed by atoms with van der Waals surface area (Å²) in [7, 11) is 0. The van der Waals surface area contributed by atoms with E-state index in [0.29, 0.717) is 5.92 Å². The van der Waals surface area contributed by atoms with E-state index in [2.05, 4.69) is 40.4 Å². The highest BCUT2D eigenvalue weighted by atomic mass is 15.4. The summed E-state index contributed by atoms with van der Waals surface area (Å²) in [5.41, 5.74) is 2.57. The molecule has 5 rings (SSSR count). The van der Waals surface area contributed by atoms with E-state index < -0.39 is 0 Å². The number of hydrogen-bond donors (Lipinski definition) is 1. The molecule has 0 spiro atoms. The molecule has 130 valence electrons. The molecular formula is C21H21N5. The molecule has 5 nitrogen and oxygen atoms in total. The van der Waals surface area contributed by atoms with E-state index in [1.165, 1.54) is 29.3 Å². The van der Waals surface area contributed by atoms with Gasteiger partial charge in [-0.3, -0.25) is 0 Å². The molecule has 0 atom stereocenters. The number of hydrogen-bond acceptors (Lipinski definition) is 3. The topological polar surface area (TPSA) is 59.4 Å². The molecule has 1 fully saturated rings. The van der Waals surface area contributed by atoms with Crippen LogP contribution in [0.3, 0.4) is 0 Å². The van der Waals surface area contributed by atoms with Crippen molar-refractivity contribution < 1.29 is 0 Å². The molecule has 4 aromatic rings. The van der Waals surface area contributed by atoms with Crippen LogP contribution < -0.4 is 0 Å². The lowest BCUT2D eigenvalue weighted by atomic mass is 10.1. The molecule has 1 aliphatic rings. The second kappa shape index (κ2) is 6.41. The highest BCUT2D eigenvalue weighted by molar-refractivity contribution is 5.82. The summed E-state index contributed by atoms with van der Waals surface area (Å²) < 4.78 is 1.93. The number of fused-ring (bicyclic) bond motifs is 1. The molecule has 3 heterocycles. The molecule has 0 radical (unpaired) electrons. The van der Waals surface area contributed by atoms with Gasteiger partial charge in [-0.05, 0) is 49.4 Å². The standard InChI is InChI=1S/C21H21N5/c1-2-8-18-17(7-1)16(14-23-18)6-5-10-20-24-21(15-11-12-15)25-26(20)19-9-3-4-13-22-19/h1-4,7-9,13-15,23H,5-6,10-12H2. The van der Waals surface area contributed by atoms with Crippen molar-refractivity contribution in [2.75, 3.05) is 0 Å². The average molecular weight is 343 g/mol. The summed E-state index contributed by atoms with van der Waals surface area (Å²) in [6, 6.07) is 14.4. The van der Waals surface area contributed by atoms with Gasteiger partial charge in [0.2, 0.25) is 0 Å². The third kappa shape index (κ3) is 2.90. The summed E-state index contributed by atoms with van der Waals surface area (Å²) in [4.78, 5) is 12.6. The maximum atomic E-state index is 4.83. The largest absolute Gasteiger partial charge is 0.361 e. The van der Waals surface area contributed by atoms with Crippen LogP contribution in [0.2, 0.25) is 0 Å². The van der Waals surface area contributed by atoms with Gasteiger partial charge < -0.3 is 4.98 Å². The van der Waals surface area contributed by atoms with Crippen molar-refractivity contribution >= 4 is 10.9 Å². The molecule has 0 aliphatic heterocycles. The maximum absolute atomic E-state index is 4.83. The summed E-state index contributed by atoms with van der Waals surface area (Å²) in [6.07, 6.45) is 9.32. The fraction of sp³-hybridized carbons (Fsp3) is 0.286. The number of aromatic amines is 1. The van der Waals surface area contributed by atoms with E-state index in [9.17, 15) is 0 Å². The normalized spacial score (nSPS) is 14.2. The van der Waals surface area contributed by atoms with E-state index in [-0.39, 0.29) is 0 Å². The van der Waals surface area contributed by atoms with Gasteiger partial charge in [-0.1, -0.05) is 24.3 Å². The first-order chi connectivity index (χ1) is 12.9. The second-order valence-electron chi connectivity index (χ2n) is 6.97. The van der Waals surface area contributed by atoms with Gasteiger partial charge in [0.05, 0.1) is 0 Å². The Hall–Kier alpha value is -2.95. The number of aromatic nitrogens is 5. The molecule has 1 aromatic carbocycles. The van der Waals surface area contributed by atoms with E-state index in [0.717, 1.165) is 36.7 Å². The first-order valence-electron chi connectivity index (χ1n) is 9.31. The molecule has 1 saturated carbocycles. The molecule has 1 N–H and O–H groups in total. The number of nitrogens with one attached hydrogen (secondary N) is 1. The van der Waals surface area contributed by atoms with Crippen molar-refractivity contribution in [3.63, 3.8) is 0 Å². The number of para-hydroxylation sites is 1. The van der Waals surface area contributed by atoms with Crippen LogP contribution in [0.15, 0.2) is 54.9 Å². The zero-order valence-corrected chi connectivity index (χ0v) is 14.6. The zero-order valence-electron chi connectivity index (χ0n) is 14.6. The van der Waals surface area contributed by atoms with E-state index in [4.69, 9.17) is 10.1 Å². The van der Waals surface area contributed by atoms with E-state index in [1.807, 2.05) is 29.1 Å². The molecule has 26 heavy (non-hydrogen) atoms. The minimum atomic E-state index is 0.548. The Morgan fingerprint density at radius 3 is 2.77 bits per heavy atom. The average Bonchev–Trinajstić information content (AvgIpc) is 3.33. The summed E-state index contributed by atoms with van der Waals surface area (Å²) in [5.74, 6) is 3.41. The van der Waals surface area contributed by atoms with Crippen LogP contribution in [-0.2, 0) is 12.8 Å². The van der Waals surface area contributed by atoms with Gasteiger partial charge in [-0.25, -0.2) is 9.97 Å². The third-order valence-corrected chi connectivity index (χ3v) is 5.02. The second-order valence-corrected chi connectivity index (χ2v) is 6.97.